The Morgan fingerprint density at radius 1 is 1.14 bits per heavy atom. The standard InChI is InChI=1S/C16H19FN2O3/c17-12-3-5-13(6-4-12)18-14(21)7-8-15(22)19-16(11-20)9-1-2-10-16/h3-8,20H,1-2,9-11H2,(H,18,21)(H,19,22)/b8-7+. The van der Waals surface area contributed by atoms with Crippen molar-refractivity contribution < 1.29 is 19.1 Å². The van der Waals surface area contributed by atoms with Gasteiger partial charge in [0.25, 0.3) is 0 Å². The van der Waals surface area contributed by atoms with Crippen LogP contribution >= 0.6 is 0 Å². The molecule has 5 nitrogen and oxygen atoms in total. The van der Waals surface area contributed by atoms with E-state index in [1.54, 1.807) is 0 Å². The zero-order valence-corrected chi connectivity index (χ0v) is 12.1. The van der Waals surface area contributed by atoms with Crippen LogP contribution in [0.4, 0.5) is 10.1 Å². The summed E-state index contributed by atoms with van der Waals surface area (Å²) in [6, 6.07) is 5.33. The molecule has 1 saturated carbocycles. The number of hydrogen-bond donors (Lipinski definition) is 3. The highest BCUT2D eigenvalue weighted by molar-refractivity contribution is 6.03. The first-order chi connectivity index (χ1) is 10.5. The molecule has 0 heterocycles. The van der Waals surface area contributed by atoms with Crippen molar-refractivity contribution in [2.45, 2.75) is 31.2 Å². The van der Waals surface area contributed by atoms with Crippen molar-refractivity contribution in [3.8, 4) is 0 Å². The number of benzene rings is 1. The van der Waals surface area contributed by atoms with E-state index in [4.69, 9.17) is 0 Å². The van der Waals surface area contributed by atoms with Gasteiger partial charge in [-0.3, -0.25) is 9.59 Å². The average Bonchev–Trinajstić information content (AvgIpc) is 2.97. The molecule has 0 bridgehead atoms. The van der Waals surface area contributed by atoms with Gasteiger partial charge < -0.3 is 15.7 Å². The van der Waals surface area contributed by atoms with Gasteiger partial charge in [-0.2, -0.15) is 0 Å². The van der Waals surface area contributed by atoms with Gasteiger partial charge in [-0.15, -0.1) is 0 Å². The summed E-state index contributed by atoms with van der Waals surface area (Å²) in [5, 5.41) is 14.7. The Kier molecular flexibility index (Phi) is 5.27. The van der Waals surface area contributed by atoms with Gasteiger partial charge in [0.1, 0.15) is 5.82 Å². The average molecular weight is 306 g/mol. The van der Waals surface area contributed by atoms with Crippen molar-refractivity contribution in [1.29, 1.82) is 0 Å². The maximum atomic E-state index is 12.7. The molecule has 1 fully saturated rings. The second-order valence-electron chi connectivity index (χ2n) is 5.46. The van der Waals surface area contributed by atoms with Crippen molar-refractivity contribution in [3.63, 3.8) is 0 Å². The Bertz CT molecular complexity index is 563. The molecule has 22 heavy (non-hydrogen) atoms. The number of carbonyl (C=O) groups excluding carboxylic acids is 2. The van der Waals surface area contributed by atoms with Gasteiger partial charge in [0.15, 0.2) is 0 Å². The third-order valence-corrected chi connectivity index (χ3v) is 3.75. The van der Waals surface area contributed by atoms with E-state index >= 15 is 0 Å². The fourth-order valence-electron chi connectivity index (χ4n) is 2.55. The highest BCUT2D eigenvalue weighted by Crippen LogP contribution is 2.28. The minimum Gasteiger partial charge on any atom is -0.394 e. The number of amides is 2. The molecule has 2 rings (SSSR count). The molecule has 6 heteroatoms. The molecule has 3 N–H and O–H groups in total. The van der Waals surface area contributed by atoms with E-state index in [0.29, 0.717) is 5.69 Å². The summed E-state index contributed by atoms with van der Waals surface area (Å²) in [5.74, 6) is -1.28. The molecule has 0 spiro atoms. The molecule has 0 radical (unpaired) electrons. The van der Waals surface area contributed by atoms with E-state index < -0.39 is 23.2 Å². The summed E-state index contributed by atoms with van der Waals surface area (Å²) < 4.78 is 12.7. The topological polar surface area (TPSA) is 78.4 Å². The van der Waals surface area contributed by atoms with Crippen LogP contribution in [0.1, 0.15) is 25.7 Å². The Labute approximate surface area is 128 Å². The lowest BCUT2D eigenvalue weighted by atomic mass is 9.99. The molecule has 0 unspecified atom stereocenters. The summed E-state index contributed by atoms with van der Waals surface area (Å²) in [6.45, 7) is -0.103. The Balaban J connectivity index is 1.86. The minimum atomic E-state index is -0.561. The molecule has 118 valence electrons. The zero-order valence-electron chi connectivity index (χ0n) is 12.1. The highest BCUT2D eigenvalue weighted by Gasteiger charge is 2.33. The largest absolute Gasteiger partial charge is 0.394 e. The lowest BCUT2D eigenvalue weighted by Crippen LogP contribution is -2.48. The smallest absolute Gasteiger partial charge is 0.248 e. The van der Waals surface area contributed by atoms with Crippen molar-refractivity contribution in [2.75, 3.05) is 11.9 Å². The van der Waals surface area contributed by atoms with Gasteiger partial charge in [-0.05, 0) is 37.1 Å². The Hall–Kier alpha value is -2.21. The molecule has 0 saturated heterocycles. The fourth-order valence-corrected chi connectivity index (χ4v) is 2.55. The maximum absolute atomic E-state index is 12.7. The predicted octanol–water partition coefficient (Wildman–Crippen LogP) is 1.74. The SMILES string of the molecule is O=C(/C=C/C(=O)NC1(CO)CCCC1)Nc1ccc(F)cc1. The van der Waals surface area contributed by atoms with Gasteiger partial charge in [0.05, 0.1) is 12.1 Å². The number of anilines is 1. The summed E-state index contributed by atoms with van der Waals surface area (Å²) in [5.41, 5.74) is -0.117. The molecule has 1 aromatic carbocycles. The van der Waals surface area contributed by atoms with Gasteiger partial charge in [0.2, 0.25) is 11.8 Å². The molecular weight excluding hydrogens is 287 g/mol. The predicted molar refractivity (Wildman–Crippen MR) is 80.6 cm³/mol. The Morgan fingerprint density at radius 3 is 2.32 bits per heavy atom. The number of carbonyl (C=O) groups is 2. The van der Waals surface area contributed by atoms with Crippen LogP contribution in [-0.4, -0.2) is 29.1 Å². The van der Waals surface area contributed by atoms with Crippen LogP contribution in [0.15, 0.2) is 36.4 Å². The van der Waals surface area contributed by atoms with E-state index in [0.717, 1.165) is 37.8 Å². The minimum absolute atomic E-state index is 0.103. The van der Waals surface area contributed by atoms with Crippen molar-refractivity contribution >= 4 is 17.5 Å². The van der Waals surface area contributed by atoms with Crippen molar-refractivity contribution in [2.24, 2.45) is 0 Å². The van der Waals surface area contributed by atoms with E-state index in [9.17, 15) is 19.1 Å². The van der Waals surface area contributed by atoms with Crippen LogP contribution < -0.4 is 10.6 Å². The lowest BCUT2D eigenvalue weighted by molar-refractivity contribution is -0.119. The number of aliphatic hydroxyl groups is 1. The summed E-state index contributed by atoms with van der Waals surface area (Å²) in [7, 11) is 0. The van der Waals surface area contributed by atoms with Gasteiger partial charge in [-0.25, -0.2) is 4.39 Å². The van der Waals surface area contributed by atoms with Gasteiger partial charge in [-0.1, -0.05) is 12.8 Å². The molecule has 1 aliphatic rings. The maximum Gasteiger partial charge on any atom is 0.248 e. The molecule has 2 amide bonds. The second-order valence-corrected chi connectivity index (χ2v) is 5.46. The first kappa shape index (κ1) is 16.2. The quantitative estimate of drug-likeness (QED) is 0.725. The van der Waals surface area contributed by atoms with Crippen LogP contribution in [0.3, 0.4) is 0 Å². The van der Waals surface area contributed by atoms with Crippen LogP contribution in [0.25, 0.3) is 0 Å². The summed E-state index contributed by atoms with van der Waals surface area (Å²) in [4.78, 5) is 23.5. The van der Waals surface area contributed by atoms with Crippen LogP contribution in [0, 0.1) is 5.82 Å². The summed E-state index contributed by atoms with van der Waals surface area (Å²) >= 11 is 0. The number of nitrogens with one attached hydrogen (secondary N) is 2. The fraction of sp³-hybridized carbons (Fsp3) is 0.375. The number of aliphatic hydroxyl groups excluding tert-OH is 1. The number of halogens is 1. The van der Waals surface area contributed by atoms with E-state index in [-0.39, 0.29) is 6.61 Å². The monoisotopic (exact) mass is 306 g/mol. The summed E-state index contributed by atoms with van der Waals surface area (Å²) in [6.07, 6.45) is 5.66. The van der Waals surface area contributed by atoms with Crippen LogP contribution in [-0.2, 0) is 9.59 Å². The normalized spacial score (nSPS) is 16.6. The van der Waals surface area contributed by atoms with Crippen molar-refractivity contribution in [1.82, 2.24) is 5.32 Å². The molecular formula is C16H19FN2O3. The zero-order chi connectivity index (χ0) is 16.0. The molecule has 1 aliphatic carbocycles. The van der Waals surface area contributed by atoms with E-state index in [2.05, 4.69) is 10.6 Å². The molecule has 0 aliphatic heterocycles. The van der Waals surface area contributed by atoms with Crippen LogP contribution in [0.5, 0.6) is 0 Å². The molecule has 0 atom stereocenters. The van der Waals surface area contributed by atoms with E-state index in [1.165, 1.54) is 24.3 Å². The lowest BCUT2D eigenvalue weighted by Gasteiger charge is -2.27. The molecule has 0 aromatic heterocycles. The van der Waals surface area contributed by atoms with Crippen molar-refractivity contribution in [3.05, 3.63) is 42.2 Å². The third kappa shape index (κ3) is 4.39. The van der Waals surface area contributed by atoms with E-state index in [1.807, 2.05) is 0 Å². The number of rotatable bonds is 5. The Morgan fingerprint density at radius 2 is 1.73 bits per heavy atom. The molecule has 1 aromatic rings. The third-order valence-electron chi connectivity index (χ3n) is 3.75. The van der Waals surface area contributed by atoms with Crippen LogP contribution in [0.2, 0.25) is 0 Å². The number of hydrogen-bond acceptors (Lipinski definition) is 3. The van der Waals surface area contributed by atoms with Gasteiger partial charge >= 0.3 is 0 Å². The first-order valence-corrected chi connectivity index (χ1v) is 7.21. The second kappa shape index (κ2) is 7.17. The first-order valence-electron chi connectivity index (χ1n) is 7.21. The highest BCUT2D eigenvalue weighted by atomic mass is 19.1. The van der Waals surface area contributed by atoms with Gasteiger partial charge in [0, 0.05) is 17.8 Å².